The Bertz CT molecular complexity index is 951. The van der Waals surface area contributed by atoms with Crippen molar-refractivity contribution in [1.29, 1.82) is 0 Å². The highest BCUT2D eigenvalue weighted by molar-refractivity contribution is 9.10. The molecule has 0 N–H and O–H groups in total. The van der Waals surface area contributed by atoms with E-state index < -0.39 is 5.60 Å². The van der Waals surface area contributed by atoms with Gasteiger partial charge in [0.05, 0.1) is 10.5 Å². The van der Waals surface area contributed by atoms with Gasteiger partial charge in [-0.1, -0.05) is 33.6 Å². The summed E-state index contributed by atoms with van der Waals surface area (Å²) in [7, 11) is 0. The molecule has 150 valence electrons. The normalized spacial score (nSPS) is 18.6. The Kier molecular flexibility index (Phi) is 4.78. The highest BCUT2D eigenvalue weighted by atomic mass is 79.9. The van der Waals surface area contributed by atoms with Crippen molar-refractivity contribution in [3.8, 4) is 0 Å². The van der Waals surface area contributed by atoms with Gasteiger partial charge in [-0.2, -0.15) is 0 Å². The predicted molar refractivity (Wildman–Crippen MR) is 116 cm³/mol. The number of hydrogen-bond donors (Lipinski definition) is 0. The second-order valence-electron chi connectivity index (χ2n) is 9.04. The summed E-state index contributed by atoms with van der Waals surface area (Å²) in [4.78, 5) is 21.3. The molecule has 0 aliphatic carbocycles. The van der Waals surface area contributed by atoms with Gasteiger partial charge in [0, 0.05) is 47.0 Å². The molecule has 4 rings (SSSR count). The van der Waals surface area contributed by atoms with Crippen LogP contribution in [0.3, 0.4) is 0 Å². The van der Waals surface area contributed by atoms with Gasteiger partial charge < -0.3 is 14.5 Å². The van der Waals surface area contributed by atoms with Crippen LogP contribution in [0.15, 0.2) is 22.7 Å². The molecule has 1 aromatic heterocycles. The number of anilines is 1. The summed E-state index contributed by atoms with van der Waals surface area (Å²) < 4.78 is 6.48. The molecule has 7 heteroatoms. The summed E-state index contributed by atoms with van der Waals surface area (Å²) in [6.45, 7) is 11.0. The fourth-order valence-electron chi connectivity index (χ4n) is 4.18. The van der Waals surface area contributed by atoms with Crippen LogP contribution in [0.4, 0.5) is 10.6 Å². The van der Waals surface area contributed by atoms with Crippen LogP contribution < -0.4 is 4.90 Å². The van der Waals surface area contributed by atoms with E-state index in [0.717, 1.165) is 64.4 Å². The van der Waals surface area contributed by atoms with Gasteiger partial charge >= 0.3 is 6.09 Å². The molecule has 5 nitrogen and oxygen atoms in total. The highest BCUT2D eigenvalue weighted by Gasteiger charge is 2.50. The van der Waals surface area contributed by atoms with Crippen LogP contribution in [0.5, 0.6) is 0 Å². The van der Waals surface area contributed by atoms with Crippen molar-refractivity contribution in [1.82, 2.24) is 9.88 Å². The van der Waals surface area contributed by atoms with E-state index in [9.17, 15) is 4.79 Å². The Labute approximate surface area is 179 Å². The molecule has 0 unspecified atom stereocenters. The van der Waals surface area contributed by atoms with Crippen LogP contribution in [0.1, 0.15) is 32.8 Å². The van der Waals surface area contributed by atoms with Crippen molar-refractivity contribution in [2.75, 3.05) is 31.1 Å². The molecule has 0 radical (unpaired) electrons. The van der Waals surface area contributed by atoms with Gasteiger partial charge in [-0.3, -0.25) is 0 Å². The topological polar surface area (TPSA) is 45.7 Å². The number of ether oxygens (including phenoxy) is 1. The van der Waals surface area contributed by atoms with E-state index in [1.807, 2.05) is 45.9 Å². The molecule has 0 atom stereocenters. The smallest absolute Gasteiger partial charge is 0.410 e. The van der Waals surface area contributed by atoms with Crippen LogP contribution in [0.25, 0.3) is 10.9 Å². The number of benzene rings is 1. The van der Waals surface area contributed by atoms with Gasteiger partial charge in [0.2, 0.25) is 0 Å². The molecule has 1 aromatic carbocycles. The van der Waals surface area contributed by atoms with Gasteiger partial charge in [-0.15, -0.1) is 0 Å². The third-order valence-electron chi connectivity index (χ3n) is 5.53. The largest absolute Gasteiger partial charge is 0.444 e. The molecule has 0 saturated carbocycles. The first kappa shape index (κ1) is 19.8. The second-order valence-corrected chi connectivity index (χ2v) is 10.3. The van der Waals surface area contributed by atoms with Crippen LogP contribution in [0, 0.1) is 12.3 Å². The lowest BCUT2D eigenvalue weighted by Crippen LogP contribution is -2.60. The first-order chi connectivity index (χ1) is 13.1. The first-order valence-electron chi connectivity index (χ1n) is 9.55. The average Bonchev–Trinajstić information content (AvgIpc) is 3.00. The van der Waals surface area contributed by atoms with Gasteiger partial charge in [0.15, 0.2) is 0 Å². The maximum atomic E-state index is 12.3. The number of fused-ring (bicyclic) bond motifs is 1. The zero-order valence-corrected chi connectivity index (χ0v) is 19.0. The van der Waals surface area contributed by atoms with Gasteiger partial charge in [0.1, 0.15) is 11.4 Å². The van der Waals surface area contributed by atoms with Crippen LogP contribution in [0.2, 0.25) is 5.02 Å². The van der Waals surface area contributed by atoms with Gasteiger partial charge in [-0.25, -0.2) is 9.78 Å². The lowest BCUT2D eigenvalue weighted by Gasteiger charge is -2.47. The number of nitrogens with zero attached hydrogens (tertiary/aromatic N) is 3. The quantitative estimate of drug-likeness (QED) is 0.564. The predicted octanol–water partition coefficient (Wildman–Crippen LogP) is 5.41. The fraction of sp³-hybridized carbons (Fsp3) is 0.524. The standard InChI is InChI=1S/C21H25BrClN3O2/c1-13-17(23)15-6-5-14(22)9-16(15)24-18(13)25-8-7-21(10-25)11-26(12-21)19(27)28-20(2,3)4/h5-6,9H,7-8,10-12H2,1-4H3. The number of halogens is 2. The lowest BCUT2D eigenvalue weighted by atomic mass is 9.79. The number of rotatable bonds is 1. The Morgan fingerprint density at radius 1 is 1.29 bits per heavy atom. The third kappa shape index (κ3) is 3.57. The number of hydrogen-bond acceptors (Lipinski definition) is 4. The molecular formula is C21H25BrClN3O2. The molecule has 2 aliphatic heterocycles. The number of carbonyl (C=O) groups excluding carboxylic acids is 1. The van der Waals surface area contributed by atoms with Crippen LogP contribution >= 0.6 is 27.5 Å². The molecular weight excluding hydrogens is 442 g/mol. The minimum atomic E-state index is -0.460. The molecule has 1 amide bonds. The third-order valence-corrected chi connectivity index (χ3v) is 6.51. The summed E-state index contributed by atoms with van der Waals surface area (Å²) in [5, 5.41) is 1.73. The van der Waals surface area contributed by atoms with E-state index >= 15 is 0 Å². The molecule has 2 fully saturated rings. The molecule has 1 spiro atoms. The monoisotopic (exact) mass is 465 g/mol. The van der Waals surface area contributed by atoms with E-state index in [2.05, 4.69) is 20.8 Å². The number of aromatic nitrogens is 1. The maximum Gasteiger partial charge on any atom is 0.410 e. The Balaban J connectivity index is 1.51. The maximum absolute atomic E-state index is 12.3. The van der Waals surface area contributed by atoms with Crippen molar-refractivity contribution in [2.45, 2.75) is 39.7 Å². The molecule has 2 aromatic rings. The minimum Gasteiger partial charge on any atom is -0.444 e. The summed E-state index contributed by atoms with van der Waals surface area (Å²) in [5.41, 5.74) is 1.57. The lowest BCUT2D eigenvalue weighted by molar-refractivity contribution is -0.0266. The number of pyridine rings is 1. The summed E-state index contributed by atoms with van der Waals surface area (Å²) in [6.07, 6.45) is 0.825. The van der Waals surface area contributed by atoms with Crippen molar-refractivity contribution < 1.29 is 9.53 Å². The Morgan fingerprint density at radius 3 is 2.68 bits per heavy atom. The van der Waals surface area contributed by atoms with Crippen molar-refractivity contribution in [3.63, 3.8) is 0 Å². The van der Waals surface area contributed by atoms with Crippen molar-refractivity contribution >= 4 is 50.3 Å². The first-order valence-corrected chi connectivity index (χ1v) is 10.7. The number of carbonyl (C=O) groups is 1. The molecule has 3 heterocycles. The SMILES string of the molecule is Cc1c(N2CCC3(CN(C(=O)OC(C)(C)C)C3)C2)nc2cc(Br)ccc2c1Cl. The van der Waals surface area contributed by atoms with E-state index in [1.54, 1.807) is 4.90 Å². The summed E-state index contributed by atoms with van der Waals surface area (Å²) in [5.74, 6) is 0.947. The van der Waals surface area contributed by atoms with Crippen molar-refractivity contribution in [3.05, 3.63) is 33.3 Å². The van der Waals surface area contributed by atoms with E-state index in [-0.39, 0.29) is 11.5 Å². The number of likely N-dealkylation sites (tertiary alicyclic amines) is 1. The fourth-order valence-corrected chi connectivity index (χ4v) is 4.78. The molecule has 2 saturated heterocycles. The highest BCUT2D eigenvalue weighted by Crippen LogP contribution is 2.43. The Morgan fingerprint density at radius 2 is 2.00 bits per heavy atom. The second kappa shape index (κ2) is 6.77. The Hall–Kier alpha value is -1.53. The molecule has 2 aliphatic rings. The van der Waals surface area contributed by atoms with Gasteiger partial charge in [-0.05, 0) is 46.2 Å². The molecule has 0 bridgehead atoms. The zero-order chi connectivity index (χ0) is 20.3. The van der Waals surface area contributed by atoms with E-state index in [1.165, 1.54) is 0 Å². The minimum absolute atomic E-state index is 0.129. The van der Waals surface area contributed by atoms with Crippen LogP contribution in [-0.4, -0.2) is 47.8 Å². The summed E-state index contributed by atoms with van der Waals surface area (Å²) in [6, 6.07) is 5.99. The average molecular weight is 467 g/mol. The molecule has 28 heavy (non-hydrogen) atoms. The van der Waals surface area contributed by atoms with E-state index in [4.69, 9.17) is 21.3 Å². The zero-order valence-electron chi connectivity index (χ0n) is 16.7. The van der Waals surface area contributed by atoms with E-state index in [0.29, 0.717) is 0 Å². The van der Waals surface area contributed by atoms with Crippen molar-refractivity contribution in [2.24, 2.45) is 5.41 Å². The van der Waals surface area contributed by atoms with Crippen LogP contribution in [-0.2, 0) is 4.74 Å². The van der Waals surface area contributed by atoms with Gasteiger partial charge in [0.25, 0.3) is 0 Å². The summed E-state index contributed by atoms with van der Waals surface area (Å²) >= 11 is 10.2. The number of amides is 1.